The van der Waals surface area contributed by atoms with Crippen molar-refractivity contribution in [1.82, 2.24) is 5.32 Å². The zero-order chi connectivity index (χ0) is 50.7. The van der Waals surface area contributed by atoms with Gasteiger partial charge < -0.3 is 20.3 Å². The Bertz CT molecular complexity index is 1130. The molecule has 6 nitrogen and oxygen atoms in total. The molecular weight excluding hydrogens is 863 g/mol. The van der Waals surface area contributed by atoms with Gasteiger partial charge in [-0.2, -0.15) is 0 Å². The number of hydrogen-bond donors (Lipinski definition) is 3. The first-order valence-corrected chi connectivity index (χ1v) is 31.2. The van der Waals surface area contributed by atoms with Gasteiger partial charge in [0.15, 0.2) is 0 Å². The quantitative estimate of drug-likeness (QED) is 0.0321. The van der Waals surface area contributed by atoms with Crippen molar-refractivity contribution in [1.29, 1.82) is 0 Å². The summed E-state index contributed by atoms with van der Waals surface area (Å²) in [7, 11) is 0. The van der Waals surface area contributed by atoms with Gasteiger partial charge in [-0.15, -0.1) is 0 Å². The molecule has 0 spiro atoms. The van der Waals surface area contributed by atoms with E-state index >= 15 is 0 Å². The molecule has 0 aromatic carbocycles. The van der Waals surface area contributed by atoms with Crippen molar-refractivity contribution < 1.29 is 24.5 Å². The third-order valence-corrected chi connectivity index (χ3v) is 14.4. The molecule has 412 valence electrons. The summed E-state index contributed by atoms with van der Waals surface area (Å²) in [5.41, 5.74) is 0. The fraction of sp³-hybridized carbons (Fsp3) is 0.875. The molecule has 0 aliphatic rings. The Labute approximate surface area is 436 Å². The molecule has 0 aliphatic carbocycles. The van der Waals surface area contributed by atoms with Gasteiger partial charge in [0.1, 0.15) is 0 Å². The Morgan fingerprint density at radius 1 is 0.400 bits per heavy atom. The highest BCUT2D eigenvalue weighted by molar-refractivity contribution is 5.76. The number of aliphatic hydroxyl groups is 2. The molecule has 0 bridgehead atoms. The van der Waals surface area contributed by atoms with Crippen LogP contribution in [0.2, 0.25) is 0 Å². The van der Waals surface area contributed by atoms with Crippen LogP contribution >= 0.6 is 0 Å². The molecule has 2 atom stereocenters. The number of carbonyl (C=O) groups excluding carboxylic acids is 2. The average molecular weight is 985 g/mol. The van der Waals surface area contributed by atoms with Gasteiger partial charge in [0.2, 0.25) is 5.91 Å². The summed E-state index contributed by atoms with van der Waals surface area (Å²) in [4.78, 5) is 24.5. The molecule has 2 unspecified atom stereocenters. The van der Waals surface area contributed by atoms with Crippen molar-refractivity contribution in [3.05, 3.63) is 36.5 Å². The van der Waals surface area contributed by atoms with Gasteiger partial charge in [-0.1, -0.05) is 294 Å². The summed E-state index contributed by atoms with van der Waals surface area (Å²) >= 11 is 0. The maximum absolute atomic E-state index is 12.5. The van der Waals surface area contributed by atoms with Crippen LogP contribution in [0.25, 0.3) is 0 Å². The normalized spacial score (nSPS) is 12.8. The topological polar surface area (TPSA) is 95.9 Å². The van der Waals surface area contributed by atoms with Gasteiger partial charge in [0.25, 0.3) is 0 Å². The summed E-state index contributed by atoms with van der Waals surface area (Å²) in [6.45, 7) is 4.82. The zero-order valence-corrected chi connectivity index (χ0v) is 47.0. The van der Waals surface area contributed by atoms with Crippen LogP contribution in [-0.2, 0) is 14.3 Å². The van der Waals surface area contributed by atoms with Gasteiger partial charge in [-0.05, 0) is 64.2 Å². The van der Waals surface area contributed by atoms with E-state index in [1.807, 2.05) is 0 Å². The Balaban J connectivity index is 3.46. The van der Waals surface area contributed by atoms with E-state index in [1.54, 1.807) is 0 Å². The van der Waals surface area contributed by atoms with E-state index in [2.05, 4.69) is 55.6 Å². The van der Waals surface area contributed by atoms with Crippen LogP contribution in [0.15, 0.2) is 36.5 Å². The second-order valence-electron chi connectivity index (χ2n) is 21.4. The molecule has 6 heteroatoms. The molecule has 0 saturated carbocycles. The predicted molar refractivity (Wildman–Crippen MR) is 306 cm³/mol. The summed E-state index contributed by atoms with van der Waals surface area (Å²) in [6, 6.07) is -0.547. The second kappa shape index (κ2) is 59.6. The van der Waals surface area contributed by atoms with Crippen molar-refractivity contribution in [2.24, 2.45) is 0 Å². The molecule has 0 aromatic heterocycles. The number of unbranched alkanes of at least 4 members (excludes halogenated alkanes) is 41. The number of carbonyl (C=O) groups is 2. The van der Waals surface area contributed by atoms with Crippen LogP contribution in [-0.4, -0.2) is 47.4 Å². The Hall–Kier alpha value is -1.92. The Morgan fingerprint density at radius 2 is 0.729 bits per heavy atom. The van der Waals surface area contributed by atoms with E-state index in [0.29, 0.717) is 25.9 Å². The molecule has 0 saturated heterocycles. The standard InChI is InChI=1S/C64H121NO5/c1-3-5-7-9-11-13-15-16-17-18-19-21-24-27-30-33-37-40-44-48-52-56-62(67)61(60-66)65-63(68)57-53-49-45-41-38-34-31-28-25-22-20-23-26-29-32-35-39-43-47-51-55-59-70-64(69)58-54-50-46-42-36-14-12-10-8-6-4-2/h10,12,35,39,47,51,61-62,66-67H,3-9,11,13-34,36-38,40-46,48-50,52-60H2,1-2H3,(H,65,68)/b12-10-,39-35-,51-47-. The van der Waals surface area contributed by atoms with E-state index in [0.717, 1.165) is 51.4 Å². The number of rotatable bonds is 58. The lowest BCUT2D eigenvalue weighted by Crippen LogP contribution is -2.45. The highest BCUT2D eigenvalue weighted by Crippen LogP contribution is 2.18. The molecular formula is C64H121NO5. The van der Waals surface area contributed by atoms with Gasteiger partial charge in [0, 0.05) is 12.8 Å². The fourth-order valence-corrected chi connectivity index (χ4v) is 9.64. The van der Waals surface area contributed by atoms with Crippen LogP contribution in [0, 0.1) is 0 Å². The lowest BCUT2D eigenvalue weighted by Gasteiger charge is -2.22. The number of ether oxygens (including phenoxy) is 1. The largest absolute Gasteiger partial charge is 0.465 e. The van der Waals surface area contributed by atoms with Crippen molar-refractivity contribution in [3.8, 4) is 0 Å². The highest BCUT2D eigenvalue weighted by atomic mass is 16.5. The third-order valence-electron chi connectivity index (χ3n) is 14.4. The summed E-state index contributed by atoms with van der Waals surface area (Å²) in [6.07, 6.45) is 74.6. The molecule has 0 fully saturated rings. The van der Waals surface area contributed by atoms with Crippen LogP contribution in [0.3, 0.4) is 0 Å². The predicted octanol–water partition coefficient (Wildman–Crippen LogP) is 19.6. The monoisotopic (exact) mass is 984 g/mol. The minimum Gasteiger partial charge on any atom is -0.465 e. The van der Waals surface area contributed by atoms with E-state index < -0.39 is 12.1 Å². The van der Waals surface area contributed by atoms with Gasteiger partial charge in [0.05, 0.1) is 25.4 Å². The van der Waals surface area contributed by atoms with Crippen LogP contribution in [0.1, 0.15) is 335 Å². The van der Waals surface area contributed by atoms with Gasteiger partial charge >= 0.3 is 5.97 Å². The van der Waals surface area contributed by atoms with Crippen molar-refractivity contribution in [2.75, 3.05) is 13.2 Å². The minimum absolute atomic E-state index is 0.0370. The number of allylic oxidation sites excluding steroid dienone is 5. The molecule has 3 N–H and O–H groups in total. The van der Waals surface area contributed by atoms with Gasteiger partial charge in [-0.25, -0.2) is 0 Å². The Kier molecular flexibility index (Phi) is 58.0. The molecule has 0 aromatic rings. The Morgan fingerprint density at radius 3 is 1.14 bits per heavy atom. The van der Waals surface area contributed by atoms with Crippen molar-refractivity contribution >= 4 is 11.9 Å². The lowest BCUT2D eigenvalue weighted by molar-refractivity contribution is -0.143. The molecule has 0 aliphatic heterocycles. The fourth-order valence-electron chi connectivity index (χ4n) is 9.64. The number of aliphatic hydroxyl groups excluding tert-OH is 2. The summed E-state index contributed by atoms with van der Waals surface area (Å²) in [5.74, 6) is -0.0831. The van der Waals surface area contributed by atoms with Crippen LogP contribution in [0.4, 0.5) is 0 Å². The molecule has 0 heterocycles. The maximum Gasteiger partial charge on any atom is 0.305 e. The average Bonchev–Trinajstić information content (AvgIpc) is 3.36. The number of hydrogen-bond acceptors (Lipinski definition) is 5. The third kappa shape index (κ3) is 55.4. The highest BCUT2D eigenvalue weighted by Gasteiger charge is 2.20. The summed E-state index contributed by atoms with van der Waals surface area (Å²) in [5, 5.41) is 23.4. The zero-order valence-electron chi connectivity index (χ0n) is 47.0. The number of amides is 1. The molecule has 70 heavy (non-hydrogen) atoms. The minimum atomic E-state index is -0.669. The molecule has 0 radical (unpaired) electrons. The van der Waals surface area contributed by atoms with Gasteiger partial charge in [-0.3, -0.25) is 9.59 Å². The smallest absolute Gasteiger partial charge is 0.305 e. The van der Waals surface area contributed by atoms with E-state index in [1.165, 1.54) is 250 Å². The lowest BCUT2D eigenvalue weighted by atomic mass is 10.0. The second-order valence-corrected chi connectivity index (χ2v) is 21.4. The molecule has 1 amide bonds. The summed E-state index contributed by atoms with van der Waals surface area (Å²) < 4.78 is 5.39. The van der Waals surface area contributed by atoms with E-state index in [9.17, 15) is 19.8 Å². The van der Waals surface area contributed by atoms with Crippen LogP contribution < -0.4 is 5.32 Å². The molecule has 0 rings (SSSR count). The maximum atomic E-state index is 12.5. The first-order valence-electron chi connectivity index (χ1n) is 31.2. The van der Waals surface area contributed by atoms with Crippen molar-refractivity contribution in [2.45, 2.75) is 347 Å². The van der Waals surface area contributed by atoms with E-state index in [4.69, 9.17) is 4.74 Å². The van der Waals surface area contributed by atoms with Crippen molar-refractivity contribution in [3.63, 3.8) is 0 Å². The first kappa shape index (κ1) is 68.1. The number of esters is 1. The van der Waals surface area contributed by atoms with Crippen LogP contribution in [0.5, 0.6) is 0 Å². The van der Waals surface area contributed by atoms with E-state index in [-0.39, 0.29) is 18.5 Å². The number of nitrogens with one attached hydrogen (secondary N) is 1. The SMILES string of the molecule is CCCC/C=C\CCCCCCCC(=O)OCC/C=C\C/C=C\CCCCCCCCCCCCCCCCC(=O)NC(CO)C(O)CCCCCCCCCCCCCCCCCCCCCCC. The first-order chi connectivity index (χ1) is 34.5.